The largest absolute Gasteiger partial charge is 0.371 e. The molecule has 1 radical (unpaired) electrons. The van der Waals surface area contributed by atoms with Gasteiger partial charge in [0.15, 0.2) is 11.6 Å². The van der Waals surface area contributed by atoms with Crippen molar-refractivity contribution in [3.63, 3.8) is 0 Å². The van der Waals surface area contributed by atoms with Crippen LogP contribution in [-0.2, 0) is 6.42 Å². The Morgan fingerprint density at radius 1 is 1.17 bits per heavy atom. The van der Waals surface area contributed by atoms with Gasteiger partial charge < -0.3 is 10.6 Å². The second-order valence-electron chi connectivity index (χ2n) is 5.17. The number of allylic oxidation sites excluding steroid dienone is 2. The van der Waals surface area contributed by atoms with Crippen molar-refractivity contribution in [3.05, 3.63) is 89.5 Å². The molecule has 0 bridgehead atoms. The summed E-state index contributed by atoms with van der Waals surface area (Å²) in [6, 6.07) is 9.49. The van der Waals surface area contributed by atoms with E-state index >= 15 is 0 Å². The summed E-state index contributed by atoms with van der Waals surface area (Å²) in [6.07, 6.45) is 9.22. The van der Waals surface area contributed by atoms with Crippen molar-refractivity contribution in [2.45, 2.75) is 12.5 Å². The molecule has 1 atom stereocenters. The Labute approximate surface area is 133 Å². The van der Waals surface area contributed by atoms with Crippen LogP contribution in [0.5, 0.6) is 0 Å². The van der Waals surface area contributed by atoms with Crippen molar-refractivity contribution < 1.29 is 8.78 Å². The molecule has 1 aromatic heterocycles. The van der Waals surface area contributed by atoms with Crippen molar-refractivity contribution in [1.29, 1.82) is 0 Å². The van der Waals surface area contributed by atoms with E-state index in [-0.39, 0.29) is 6.04 Å². The number of halogens is 2. The van der Waals surface area contributed by atoms with Crippen molar-refractivity contribution in [2.24, 2.45) is 0 Å². The molecule has 1 aliphatic rings. The highest BCUT2D eigenvalue weighted by atomic mass is 19.2. The van der Waals surface area contributed by atoms with Crippen LogP contribution in [-0.4, -0.2) is 11.5 Å². The highest BCUT2D eigenvalue weighted by Crippen LogP contribution is 2.20. The molecule has 0 aliphatic carbocycles. The lowest BCUT2D eigenvalue weighted by Crippen LogP contribution is -2.32. The lowest BCUT2D eigenvalue weighted by molar-refractivity contribution is 0.504. The minimum absolute atomic E-state index is 0.219. The highest BCUT2D eigenvalue weighted by molar-refractivity contribution is 5.29. The maximum absolute atomic E-state index is 13.3. The fourth-order valence-corrected chi connectivity index (χ4v) is 2.34. The normalized spacial score (nSPS) is 16.6. The van der Waals surface area contributed by atoms with E-state index in [4.69, 9.17) is 0 Å². The minimum Gasteiger partial charge on any atom is -0.371 e. The summed E-state index contributed by atoms with van der Waals surface area (Å²) in [4.78, 5) is 4.26. The maximum Gasteiger partial charge on any atom is 0.159 e. The van der Waals surface area contributed by atoms with E-state index in [2.05, 4.69) is 21.7 Å². The predicted octanol–water partition coefficient (Wildman–Crippen LogP) is 3.04. The minimum atomic E-state index is -0.846. The van der Waals surface area contributed by atoms with Crippen LogP contribution in [0.15, 0.2) is 60.6 Å². The lowest BCUT2D eigenvalue weighted by Gasteiger charge is -2.22. The number of hydrogen-bond donors (Lipinski definition) is 2. The summed E-state index contributed by atoms with van der Waals surface area (Å²) in [7, 11) is 0. The average Bonchev–Trinajstić information content (AvgIpc) is 2.59. The molecule has 23 heavy (non-hydrogen) atoms. The van der Waals surface area contributed by atoms with Gasteiger partial charge in [-0.15, -0.1) is 0 Å². The number of dihydropyridines is 1. The molecule has 1 aliphatic heterocycles. The summed E-state index contributed by atoms with van der Waals surface area (Å²) in [5.41, 5.74) is 1.66. The lowest BCUT2D eigenvalue weighted by atomic mass is 10.0. The zero-order valence-electron chi connectivity index (χ0n) is 12.4. The monoisotopic (exact) mass is 312 g/mol. The number of nitrogens with zero attached hydrogens (tertiary/aromatic N) is 1. The Balaban J connectivity index is 1.57. The third kappa shape index (κ3) is 3.94. The standard InChI is InChI=1S/C18H16F2N3/c19-15-8-7-13(12-16(15)20)17-5-3-6-18(23-17)22-11-9-14-4-1-2-10-21-14/h1-5,7-8,10,12,17,22-23H,9,11H2. The van der Waals surface area contributed by atoms with Crippen molar-refractivity contribution in [3.8, 4) is 0 Å². The van der Waals surface area contributed by atoms with E-state index in [1.165, 1.54) is 6.07 Å². The Bertz CT molecular complexity index is 726. The number of hydrogen-bond acceptors (Lipinski definition) is 3. The molecule has 3 rings (SSSR count). The van der Waals surface area contributed by atoms with E-state index in [0.717, 1.165) is 24.0 Å². The molecule has 3 nitrogen and oxygen atoms in total. The predicted molar refractivity (Wildman–Crippen MR) is 84.1 cm³/mol. The molecule has 117 valence electrons. The van der Waals surface area contributed by atoms with E-state index in [1.54, 1.807) is 18.3 Å². The summed E-state index contributed by atoms with van der Waals surface area (Å²) < 4.78 is 26.4. The van der Waals surface area contributed by atoms with Crippen LogP contribution in [0.1, 0.15) is 17.3 Å². The van der Waals surface area contributed by atoms with Gasteiger partial charge in [0.2, 0.25) is 0 Å². The van der Waals surface area contributed by atoms with Crippen LogP contribution in [0.4, 0.5) is 8.78 Å². The van der Waals surface area contributed by atoms with Gasteiger partial charge in [0, 0.05) is 30.9 Å². The quantitative estimate of drug-likeness (QED) is 0.891. The van der Waals surface area contributed by atoms with Gasteiger partial charge in [-0.25, -0.2) is 8.78 Å². The Morgan fingerprint density at radius 2 is 2.09 bits per heavy atom. The Morgan fingerprint density at radius 3 is 2.87 bits per heavy atom. The van der Waals surface area contributed by atoms with E-state index in [0.29, 0.717) is 12.1 Å². The second-order valence-corrected chi connectivity index (χ2v) is 5.17. The molecule has 0 saturated carbocycles. The molecule has 1 unspecified atom stereocenters. The topological polar surface area (TPSA) is 37.0 Å². The molecule has 0 spiro atoms. The van der Waals surface area contributed by atoms with Gasteiger partial charge in [-0.3, -0.25) is 4.98 Å². The fourth-order valence-electron chi connectivity index (χ4n) is 2.34. The Hall–Kier alpha value is -2.69. The van der Waals surface area contributed by atoms with Crippen LogP contribution in [0.2, 0.25) is 0 Å². The van der Waals surface area contributed by atoms with Gasteiger partial charge in [-0.1, -0.05) is 24.3 Å². The summed E-state index contributed by atoms with van der Waals surface area (Å²) in [6.45, 7) is 0.699. The van der Waals surface area contributed by atoms with Crippen molar-refractivity contribution in [1.82, 2.24) is 15.6 Å². The molecule has 2 N–H and O–H groups in total. The number of aromatic nitrogens is 1. The van der Waals surface area contributed by atoms with Crippen LogP contribution in [0.25, 0.3) is 0 Å². The van der Waals surface area contributed by atoms with Crippen molar-refractivity contribution in [2.75, 3.05) is 6.54 Å². The summed E-state index contributed by atoms with van der Waals surface area (Å²) in [5.74, 6) is -0.969. The maximum atomic E-state index is 13.3. The molecule has 0 fully saturated rings. The molecular formula is C18H16F2N3. The first-order chi connectivity index (χ1) is 11.2. The van der Waals surface area contributed by atoms with Gasteiger partial charge in [0.05, 0.1) is 6.04 Å². The number of pyridine rings is 1. The van der Waals surface area contributed by atoms with Crippen LogP contribution >= 0.6 is 0 Å². The molecule has 2 heterocycles. The number of rotatable bonds is 5. The summed E-state index contributed by atoms with van der Waals surface area (Å²) in [5, 5.41) is 6.43. The van der Waals surface area contributed by atoms with E-state index < -0.39 is 11.6 Å². The van der Waals surface area contributed by atoms with Crippen molar-refractivity contribution >= 4 is 0 Å². The SMILES string of the molecule is Fc1ccc(C2C=C[C]=C(NCCc3ccccn3)N2)cc1F. The Kier molecular flexibility index (Phi) is 4.66. The van der Waals surface area contributed by atoms with E-state index in [9.17, 15) is 8.78 Å². The zero-order valence-corrected chi connectivity index (χ0v) is 12.4. The van der Waals surface area contributed by atoms with Gasteiger partial charge in [-0.2, -0.15) is 0 Å². The van der Waals surface area contributed by atoms with Crippen LogP contribution < -0.4 is 10.6 Å². The number of nitrogens with one attached hydrogen (secondary N) is 2. The third-order valence-corrected chi connectivity index (χ3v) is 3.53. The smallest absolute Gasteiger partial charge is 0.159 e. The number of benzene rings is 1. The first-order valence-electron chi connectivity index (χ1n) is 7.38. The molecule has 2 aromatic rings. The van der Waals surface area contributed by atoms with E-state index in [1.807, 2.05) is 24.3 Å². The molecule has 5 heteroatoms. The fraction of sp³-hybridized carbons (Fsp3) is 0.167. The highest BCUT2D eigenvalue weighted by Gasteiger charge is 2.14. The van der Waals surface area contributed by atoms with Gasteiger partial charge in [0.25, 0.3) is 0 Å². The van der Waals surface area contributed by atoms with Crippen LogP contribution in [0.3, 0.4) is 0 Å². The van der Waals surface area contributed by atoms with Gasteiger partial charge in [-0.05, 0) is 29.8 Å². The summed E-state index contributed by atoms with van der Waals surface area (Å²) >= 11 is 0. The van der Waals surface area contributed by atoms with Gasteiger partial charge >= 0.3 is 0 Å². The zero-order chi connectivity index (χ0) is 16.1. The third-order valence-electron chi connectivity index (χ3n) is 3.53. The molecule has 0 saturated heterocycles. The first-order valence-corrected chi connectivity index (χ1v) is 7.38. The van der Waals surface area contributed by atoms with Crippen LogP contribution in [0, 0.1) is 17.7 Å². The molecule has 0 amide bonds. The average molecular weight is 312 g/mol. The van der Waals surface area contributed by atoms with Gasteiger partial charge in [0.1, 0.15) is 5.82 Å². The molecular weight excluding hydrogens is 296 g/mol. The first kappa shape index (κ1) is 15.2. The second kappa shape index (κ2) is 7.05. The molecule has 1 aromatic carbocycles.